The number of methoxy groups -OCH3 is 1. The van der Waals surface area contributed by atoms with Crippen LogP contribution in [0.4, 0.5) is 0 Å². The lowest BCUT2D eigenvalue weighted by molar-refractivity contribution is 0.0729. The summed E-state index contributed by atoms with van der Waals surface area (Å²) in [4.78, 5) is 29.0. The SMILES string of the molecule is COc1cc(C=NNC(=O)c2[nH]c3c(Br)cccc3c2-c2ccccc2)ccc1OC(=O)c1ccccc1Cl. The number of rotatable bonds is 7. The second-order valence-electron chi connectivity index (χ2n) is 8.38. The van der Waals surface area contributed by atoms with Crippen molar-refractivity contribution in [3.63, 3.8) is 0 Å². The molecule has 0 saturated heterocycles. The Kier molecular flexibility index (Phi) is 7.76. The van der Waals surface area contributed by atoms with E-state index in [1.54, 1.807) is 42.5 Å². The Morgan fingerprint density at radius 3 is 2.49 bits per heavy atom. The molecule has 5 aromatic rings. The summed E-state index contributed by atoms with van der Waals surface area (Å²) >= 11 is 9.66. The normalized spacial score (nSPS) is 11.1. The molecule has 0 fully saturated rings. The zero-order valence-electron chi connectivity index (χ0n) is 20.6. The number of ether oxygens (including phenoxy) is 2. The van der Waals surface area contributed by atoms with Gasteiger partial charge in [0.15, 0.2) is 11.5 Å². The first-order chi connectivity index (χ1) is 19.0. The topological polar surface area (TPSA) is 92.8 Å². The third kappa shape index (κ3) is 5.57. The van der Waals surface area contributed by atoms with Gasteiger partial charge in [0.25, 0.3) is 5.91 Å². The van der Waals surface area contributed by atoms with Crippen LogP contribution >= 0.6 is 27.5 Å². The molecule has 194 valence electrons. The van der Waals surface area contributed by atoms with Gasteiger partial charge in [0, 0.05) is 15.4 Å². The van der Waals surface area contributed by atoms with Crippen LogP contribution in [0.15, 0.2) is 101 Å². The molecule has 0 aliphatic heterocycles. The van der Waals surface area contributed by atoms with Gasteiger partial charge < -0.3 is 14.5 Å². The molecule has 0 aliphatic rings. The molecular weight excluding hydrogens is 582 g/mol. The van der Waals surface area contributed by atoms with Crippen molar-refractivity contribution in [1.29, 1.82) is 0 Å². The average molecular weight is 603 g/mol. The van der Waals surface area contributed by atoms with E-state index in [-0.39, 0.29) is 11.3 Å². The van der Waals surface area contributed by atoms with Crippen molar-refractivity contribution in [3.05, 3.63) is 117 Å². The van der Waals surface area contributed by atoms with Crippen molar-refractivity contribution in [2.24, 2.45) is 5.10 Å². The number of nitrogens with zero attached hydrogens (tertiary/aromatic N) is 1. The predicted molar refractivity (Wildman–Crippen MR) is 156 cm³/mol. The summed E-state index contributed by atoms with van der Waals surface area (Å²) in [6, 6.07) is 27.0. The monoisotopic (exact) mass is 601 g/mol. The van der Waals surface area contributed by atoms with E-state index in [0.717, 1.165) is 26.5 Å². The van der Waals surface area contributed by atoms with E-state index in [0.29, 0.717) is 22.0 Å². The van der Waals surface area contributed by atoms with Crippen molar-refractivity contribution in [2.75, 3.05) is 7.11 Å². The van der Waals surface area contributed by atoms with Crippen molar-refractivity contribution >= 4 is 56.5 Å². The first kappa shape index (κ1) is 26.2. The number of hydrazone groups is 1. The number of halogens is 2. The maximum absolute atomic E-state index is 13.2. The van der Waals surface area contributed by atoms with E-state index in [1.807, 2.05) is 48.5 Å². The zero-order valence-corrected chi connectivity index (χ0v) is 22.9. The van der Waals surface area contributed by atoms with E-state index in [9.17, 15) is 9.59 Å². The second-order valence-corrected chi connectivity index (χ2v) is 9.64. The van der Waals surface area contributed by atoms with E-state index in [2.05, 4.69) is 31.4 Å². The molecule has 1 heterocycles. The van der Waals surface area contributed by atoms with Crippen LogP contribution in [-0.2, 0) is 0 Å². The summed E-state index contributed by atoms with van der Waals surface area (Å²) in [7, 11) is 1.46. The Hall–Kier alpha value is -4.40. The van der Waals surface area contributed by atoms with Gasteiger partial charge in [-0.1, -0.05) is 66.2 Å². The van der Waals surface area contributed by atoms with Gasteiger partial charge in [-0.3, -0.25) is 4.79 Å². The number of nitrogens with one attached hydrogen (secondary N) is 2. The summed E-state index contributed by atoms with van der Waals surface area (Å²) in [5.74, 6) is -0.463. The fraction of sp³-hybridized carbons (Fsp3) is 0.0333. The zero-order chi connectivity index (χ0) is 27.4. The van der Waals surface area contributed by atoms with E-state index in [4.69, 9.17) is 21.1 Å². The molecule has 7 nitrogen and oxygen atoms in total. The lowest BCUT2D eigenvalue weighted by atomic mass is 10.0. The summed E-state index contributed by atoms with van der Waals surface area (Å²) in [6.45, 7) is 0. The van der Waals surface area contributed by atoms with E-state index in [1.165, 1.54) is 13.3 Å². The first-order valence-corrected chi connectivity index (χ1v) is 13.0. The van der Waals surface area contributed by atoms with Crippen molar-refractivity contribution < 1.29 is 19.1 Å². The smallest absolute Gasteiger partial charge is 0.345 e. The first-order valence-electron chi connectivity index (χ1n) is 11.8. The maximum Gasteiger partial charge on any atom is 0.345 e. The summed E-state index contributed by atoms with van der Waals surface area (Å²) in [5.41, 5.74) is 6.35. The van der Waals surface area contributed by atoms with Crippen LogP contribution < -0.4 is 14.9 Å². The van der Waals surface area contributed by atoms with Gasteiger partial charge in [-0.25, -0.2) is 10.2 Å². The molecule has 0 bridgehead atoms. The number of fused-ring (bicyclic) bond motifs is 1. The average Bonchev–Trinajstić information content (AvgIpc) is 3.35. The van der Waals surface area contributed by atoms with Gasteiger partial charge in [-0.15, -0.1) is 0 Å². The fourth-order valence-electron chi connectivity index (χ4n) is 4.11. The number of amides is 1. The standard InChI is InChI=1S/C30H21BrClN3O4/c1-38-25-16-18(14-15-24(25)39-30(37)20-10-5-6-13-23(20)32)17-33-35-29(36)28-26(19-8-3-2-4-9-19)21-11-7-12-22(31)27(21)34-28/h2-17,34H,1H3,(H,35,36). The molecule has 1 amide bonds. The van der Waals surface area contributed by atoms with Gasteiger partial charge in [-0.2, -0.15) is 5.10 Å². The van der Waals surface area contributed by atoms with Gasteiger partial charge in [0.05, 0.1) is 29.4 Å². The highest BCUT2D eigenvalue weighted by Gasteiger charge is 2.20. The molecule has 0 spiro atoms. The van der Waals surface area contributed by atoms with Crippen molar-refractivity contribution in [2.45, 2.75) is 0 Å². The van der Waals surface area contributed by atoms with Gasteiger partial charge in [0.2, 0.25) is 0 Å². The Bertz CT molecular complexity index is 1720. The van der Waals surface area contributed by atoms with Crippen molar-refractivity contribution in [3.8, 4) is 22.6 Å². The third-order valence-electron chi connectivity index (χ3n) is 5.94. The van der Waals surface area contributed by atoms with E-state index >= 15 is 0 Å². The Morgan fingerprint density at radius 2 is 1.72 bits per heavy atom. The molecule has 9 heteroatoms. The van der Waals surface area contributed by atoms with Crippen LogP contribution in [0.25, 0.3) is 22.0 Å². The maximum atomic E-state index is 13.2. The highest BCUT2D eigenvalue weighted by Crippen LogP contribution is 2.35. The molecular formula is C30H21BrClN3O4. The Labute approximate surface area is 237 Å². The van der Waals surface area contributed by atoms with Crippen LogP contribution in [0.3, 0.4) is 0 Å². The van der Waals surface area contributed by atoms with Gasteiger partial charge >= 0.3 is 5.97 Å². The minimum atomic E-state index is -0.605. The highest BCUT2D eigenvalue weighted by atomic mass is 79.9. The van der Waals surface area contributed by atoms with Crippen LogP contribution in [0.1, 0.15) is 26.4 Å². The van der Waals surface area contributed by atoms with E-state index < -0.39 is 11.9 Å². The molecule has 0 aliphatic carbocycles. The van der Waals surface area contributed by atoms with Gasteiger partial charge in [-0.05, 0) is 63.5 Å². The number of aromatic amines is 1. The quantitative estimate of drug-likeness (QED) is 0.0889. The molecule has 0 radical (unpaired) electrons. The molecule has 2 N–H and O–H groups in total. The number of para-hydroxylation sites is 1. The largest absolute Gasteiger partial charge is 0.493 e. The molecule has 1 aromatic heterocycles. The molecule has 0 saturated carbocycles. The Balaban J connectivity index is 1.36. The van der Waals surface area contributed by atoms with Crippen LogP contribution in [0, 0.1) is 0 Å². The summed E-state index contributed by atoms with van der Waals surface area (Å²) in [5, 5.41) is 5.34. The number of esters is 1. The van der Waals surface area contributed by atoms with Gasteiger partial charge in [0.1, 0.15) is 5.69 Å². The molecule has 5 rings (SSSR count). The number of carbonyl (C=O) groups is 2. The number of hydrogen-bond acceptors (Lipinski definition) is 5. The number of hydrogen-bond donors (Lipinski definition) is 2. The Morgan fingerprint density at radius 1 is 0.949 bits per heavy atom. The number of H-pyrrole nitrogens is 1. The molecule has 39 heavy (non-hydrogen) atoms. The second kappa shape index (κ2) is 11.6. The molecule has 0 atom stereocenters. The minimum Gasteiger partial charge on any atom is -0.493 e. The molecule has 0 unspecified atom stereocenters. The third-order valence-corrected chi connectivity index (χ3v) is 6.93. The lowest BCUT2D eigenvalue weighted by Crippen LogP contribution is -2.18. The number of benzene rings is 4. The number of carbonyl (C=O) groups excluding carboxylic acids is 2. The predicted octanol–water partition coefficient (Wildman–Crippen LogP) is 7.24. The summed E-state index contributed by atoms with van der Waals surface area (Å²) in [6.07, 6.45) is 1.47. The minimum absolute atomic E-state index is 0.222. The fourth-order valence-corrected chi connectivity index (χ4v) is 4.79. The number of aromatic nitrogens is 1. The molecule has 4 aromatic carbocycles. The highest BCUT2D eigenvalue weighted by molar-refractivity contribution is 9.10. The summed E-state index contributed by atoms with van der Waals surface area (Å²) < 4.78 is 11.7. The van der Waals surface area contributed by atoms with Crippen LogP contribution in [0.2, 0.25) is 5.02 Å². The lowest BCUT2D eigenvalue weighted by Gasteiger charge is -2.10. The van der Waals surface area contributed by atoms with Crippen LogP contribution in [-0.4, -0.2) is 30.2 Å². The van der Waals surface area contributed by atoms with Crippen molar-refractivity contribution in [1.82, 2.24) is 10.4 Å². The van der Waals surface area contributed by atoms with Crippen LogP contribution in [0.5, 0.6) is 11.5 Å².